The smallest absolute Gasteiger partial charge is 0.138 e. The highest BCUT2D eigenvalue weighted by molar-refractivity contribution is 5.82. The van der Waals surface area contributed by atoms with Gasteiger partial charge in [-0.15, -0.1) is 0 Å². The normalized spacial score (nSPS) is 33.4. The lowest BCUT2D eigenvalue weighted by Crippen LogP contribution is -2.33. The van der Waals surface area contributed by atoms with Crippen molar-refractivity contribution in [1.29, 1.82) is 0 Å². The summed E-state index contributed by atoms with van der Waals surface area (Å²) in [4.78, 5) is 11.8. The Kier molecular flexibility index (Phi) is 4.11. The molecule has 2 nitrogen and oxygen atoms in total. The van der Waals surface area contributed by atoms with Gasteiger partial charge in [0.25, 0.3) is 0 Å². The fourth-order valence-corrected chi connectivity index (χ4v) is 2.45. The van der Waals surface area contributed by atoms with Crippen molar-refractivity contribution in [3.63, 3.8) is 0 Å². The maximum absolute atomic E-state index is 11.8. The Morgan fingerprint density at radius 2 is 2.00 bits per heavy atom. The van der Waals surface area contributed by atoms with Crippen molar-refractivity contribution in [2.45, 2.75) is 46.1 Å². The Morgan fingerprint density at radius 1 is 1.36 bits per heavy atom. The molecule has 1 saturated carbocycles. The average Bonchev–Trinajstić information content (AvgIpc) is 2.16. The van der Waals surface area contributed by atoms with Gasteiger partial charge in [-0.1, -0.05) is 20.8 Å². The Bertz CT molecular complexity index is 198. The summed E-state index contributed by atoms with van der Waals surface area (Å²) in [5, 5.41) is 0. The molecule has 0 aromatic heterocycles. The molecule has 3 atom stereocenters. The maximum Gasteiger partial charge on any atom is 0.138 e. The van der Waals surface area contributed by atoms with Gasteiger partial charge in [-0.25, -0.2) is 0 Å². The molecule has 1 aliphatic rings. The van der Waals surface area contributed by atoms with Crippen LogP contribution in [0.25, 0.3) is 0 Å². The molecular formula is C12H22O2. The SMILES string of the molecule is COC1CCC(C(=O)C(C)C)CC1C. The Labute approximate surface area is 87.0 Å². The highest BCUT2D eigenvalue weighted by Gasteiger charge is 2.31. The number of ketones is 1. The van der Waals surface area contributed by atoms with Crippen LogP contribution in [0.2, 0.25) is 0 Å². The van der Waals surface area contributed by atoms with Crippen molar-refractivity contribution in [1.82, 2.24) is 0 Å². The van der Waals surface area contributed by atoms with E-state index in [4.69, 9.17) is 4.74 Å². The number of hydrogen-bond acceptors (Lipinski definition) is 2. The zero-order chi connectivity index (χ0) is 10.7. The lowest BCUT2D eigenvalue weighted by molar-refractivity contribution is -0.128. The van der Waals surface area contributed by atoms with Crippen molar-refractivity contribution in [3.05, 3.63) is 0 Å². The molecule has 0 aromatic rings. The van der Waals surface area contributed by atoms with Crippen molar-refractivity contribution < 1.29 is 9.53 Å². The summed E-state index contributed by atoms with van der Waals surface area (Å²) in [5.74, 6) is 1.44. The van der Waals surface area contributed by atoms with Gasteiger partial charge in [0.1, 0.15) is 5.78 Å². The van der Waals surface area contributed by atoms with E-state index in [-0.39, 0.29) is 11.8 Å². The van der Waals surface area contributed by atoms with Crippen LogP contribution in [-0.2, 0) is 9.53 Å². The third-order valence-electron chi connectivity index (χ3n) is 3.36. The quantitative estimate of drug-likeness (QED) is 0.697. The summed E-state index contributed by atoms with van der Waals surface area (Å²) in [7, 11) is 1.77. The molecular weight excluding hydrogens is 176 g/mol. The number of carbonyl (C=O) groups excluding carboxylic acids is 1. The number of hydrogen-bond donors (Lipinski definition) is 0. The minimum Gasteiger partial charge on any atom is -0.381 e. The van der Waals surface area contributed by atoms with Crippen LogP contribution < -0.4 is 0 Å². The maximum atomic E-state index is 11.8. The summed E-state index contributed by atoms with van der Waals surface area (Å²) in [5.41, 5.74) is 0. The van der Waals surface area contributed by atoms with E-state index in [0.29, 0.717) is 17.8 Å². The molecule has 0 aliphatic heterocycles. The van der Waals surface area contributed by atoms with Gasteiger partial charge in [0, 0.05) is 18.9 Å². The predicted molar refractivity (Wildman–Crippen MR) is 57.1 cm³/mol. The molecule has 0 aromatic carbocycles. The fourth-order valence-electron chi connectivity index (χ4n) is 2.45. The number of Topliss-reactive ketones (excluding diaryl/α,β-unsaturated/α-hetero) is 1. The first-order valence-electron chi connectivity index (χ1n) is 5.62. The molecule has 0 N–H and O–H groups in total. The van der Waals surface area contributed by atoms with Crippen molar-refractivity contribution in [3.8, 4) is 0 Å². The summed E-state index contributed by atoms with van der Waals surface area (Å²) in [6.07, 6.45) is 3.43. The van der Waals surface area contributed by atoms with E-state index in [1.807, 2.05) is 13.8 Å². The van der Waals surface area contributed by atoms with Crippen LogP contribution in [0, 0.1) is 17.8 Å². The number of carbonyl (C=O) groups is 1. The zero-order valence-corrected chi connectivity index (χ0v) is 9.75. The molecule has 0 heterocycles. The number of ether oxygens (including phenoxy) is 1. The molecule has 0 radical (unpaired) electrons. The zero-order valence-electron chi connectivity index (χ0n) is 9.75. The molecule has 0 bridgehead atoms. The van der Waals surface area contributed by atoms with Crippen molar-refractivity contribution in [2.75, 3.05) is 7.11 Å². The predicted octanol–water partition coefficient (Wildman–Crippen LogP) is 2.66. The molecule has 1 aliphatic carbocycles. The highest BCUT2D eigenvalue weighted by Crippen LogP contribution is 2.32. The van der Waals surface area contributed by atoms with Crippen LogP contribution in [-0.4, -0.2) is 19.0 Å². The van der Waals surface area contributed by atoms with Gasteiger partial charge in [-0.2, -0.15) is 0 Å². The van der Waals surface area contributed by atoms with E-state index in [1.165, 1.54) is 0 Å². The van der Waals surface area contributed by atoms with E-state index in [0.717, 1.165) is 19.3 Å². The number of methoxy groups -OCH3 is 1. The third kappa shape index (κ3) is 2.57. The van der Waals surface area contributed by atoms with Gasteiger partial charge < -0.3 is 4.74 Å². The van der Waals surface area contributed by atoms with Crippen LogP contribution in [0.15, 0.2) is 0 Å². The first-order valence-corrected chi connectivity index (χ1v) is 5.62. The molecule has 82 valence electrons. The Balaban J connectivity index is 2.50. The summed E-state index contributed by atoms with van der Waals surface area (Å²) in [6, 6.07) is 0. The van der Waals surface area contributed by atoms with Gasteiger partial charge in [0.2, 0.25) is 0 Å². The summed E-state index contributed by atoms with van der Waals surface area (Å²) >= 11 is 0. The Hall–Kier alpha value is -0.370. The third-order valence-corrected chi connectivity index (χ3v) is 3.36. The number of rotatable bonds is 3. The fraction of sp³-hybridized carbons (Fsp3) is 0.917. The van der Waals surface area contributed by atoms with E-state index in [2.05, 4.69) is 6.92 Å². The molecule has 2 heteroatoms. The second-order valence-corrected chi connectivity index (χ2v) is 4.82. The molecule has 0 amide bonds. The van der Waals surface area contributed by atoms with E-state index < -0.39 is 0 Å². The molecule has 1 fully saturated rings. The van der Waals surface area contributed by atoms with Gasteiger partial charge >= 0.3 is 0 Å². The van der Waals surface area contributed by atoms with Gasteiger partial charge in [-0.3, -0.25) is 4.79 Å². The largest absolute Gasteiger partial charge is 0.381 e. The van der Waals surface area contributed by atoms with E-state index in [9.17, 15) is 4.79 Å². The van der Waals surface area contributed by atoms with E-state index >= 15 is 0 Å². The van der Waals surface area contributed by atoms with Gasteiger partial charge in [0.15, 0.2) is 0 Å². The van der Waals surface area contributed by atoms with Crippen LogP contribution in [0.3, 0.4) is 0 Å². The molecule has 1 rings (SSSR count). The minimum atomic E-state index is 0.186. The lowest BCUT2D eigenvalue weighted by atomic mass is 9.76. The topological polar surface area (TPSA) is 26.3 Å². The van der Waals surface area contributed by atoms with Crippen LogP contribution in [0.1, 0.15) is 40.0 Å². The molecule has 3 unspecified atom stereocenters. The highest BCUT2D eigenvalue weighted by atomic mass is 16.5. The van der Waals surface area contributed by atoms with Crippen LogP contribution >= 0.6 is 0 Å². The molecule has 14 heavy (non-hydrogen) atoms. The molecule has 0 spiro atoms. The summed E-state index contributed by atoms with van der Waals surface area (Å²) in [6.45, 7) is 6.18. The van der Waals surface area contributed by atoms with E-state index in [1.54, 1.807) is 7.11 Å². The lowest BCUT2D eigenvalue weighted by Gasteiger charge is -2.33. The van der Waals surface area contributed by atoms with Gasteiger partial charge in [-0.05, 0) is 25.2 Å². The van der Waals surface area contributed by atoms with Crippen LogP contribution in [0.5, 0.6) is 0 Å². The second-order valence-electron chi connectivity index (χ2n) is 4.82. The summed E-state index contributed by atoms with van der Waals surface area (Å²) < 4.78 is 5.38. The van der Waals surface area contributed by atoms with Crippen molar-refractivity contribution in [2.24, 2.45) is 17.8 Å². The monoisotopic (exact) mass is 198 g/mol. The van der Waals surface area contributed by atoms with Crippen LogP contribution in [0.4, 0.5) is 0 Å². The van der Waals surface area contributed by atoms with Gasteiger partial charge in [0.05, 0.1) is 6.10 Å². The van der Waals surface area contributed by atoms with Crippen molar-refractivity contribution >= 4 is 5.78 Å². The standard InChI is InChI=1S/C12H22O2/c1-8(2)12(13)10-5-6-11(14-4)9(3)7-10/h8-11H,5-7H2,1-4H3. The first kappa shape index (κ1) is 11.7. The Morgan fingerprint density at radius 3 is 2.43 bits per heavy atom. The minimum absolute atomic E-state index is 0.186. The molecule has 0 saturated heterocycles. The average molecular weight is 198 g/mol. The first-order chi connectivity index (χ1) is 6.56. The second kappa shape index (κ2) is 4.92.